The molecule has 0 unspecified atom stereocenters. The molecule has 1 fully saturated rings. The minimum Gasteiger partial charge on any atom is -0.465 e. The molecular formula is C13H18N2O5S. The molecular weight excluding hydrogens is 296 g/mol. The van der Waals surface area contributed by atoms with Crippen molar-refractivity contribution in [3.05, 3.63) is 30.3 Å². The Kier molecular flexibility index (Phi) is 4.50. The molecule has 1 saturated heterocycles. The number of rotatable bonds is 4. The van der Waals surface area contributed by atoms with Gasteiger partial charge in [-0.2, -0.15) is 0 Å². The van der Waals surface area contributed by atoms with E-state index in [-0.39, 0.29) is 37.4 Å². The van der Waals surface area contributed by atoms with E-state index >= 15 is 0 Å². The molecule has 8 heteroatoms. The lowest BCUT2D eigenvalue weighted by molar-refractivity contribution is -0.0119. The highest BCUT2D eigenvalue weighted by Gasteiger charge is 2.35. The van der Waals surface area contributed by atoms with Crippen LogP contribution in [0.25, 0.3) is 0 Å². The van der Waals surface area contributed by atoms with Crippen molar-refractivity contribution >= 4 is 16.1 Å². The second-order valence-corrected chi connectivity index (χ2v) is 6.90. The maximum atomic E-state index is 12.1. The summed E-state index contributed by atoms with van der Waals surface area (Å²) in [7, 11) is -3.67. The van der Waals surface area contributed by atoms with E-state index in [0.717, 1.165) is 0 Å². The fourth-order valence-electron chi connectivity index (χ4n) is 2.20. The number of nitrogens with one attached hydrogen (secondary N) is 1. The highest BCUT2D eigenvalue weighted by Crippen LogP contribution is 2.22. The Morgan fingerprint density at radius 1 is 1.24 bits per heavy atom. The Labute approximate surface area is 123 Å². The lowest BCUT2D eigenvalue weighted by Gasteiger charge is -2.36. The molecule has 1 aromatic carbocycles. The quantitative estimate of drug-likeness (QED) is 0.749. The minimum atomic E-state index is -3.67. The van der Waals surface area contributed by atoms with Gasteiger partial charge < -0.3 is 15.1 Å². The number of benzene rings is 1. The van der Waals surface area contributed by atoms with Crippen molar-refractivity contribution in [1.82, 2.24) is 9.62 Å². The minimum absolute atomic E-state index is 0.127. The number of carboxylic acid groups (broad SMARTS) is 1. The molecule has 1 aliphatic rings. The van der Waals surface area contributed by atoms with Gasteiger partial charge in [-0.05, 0) is 25.0 Å². The van der Waals surface area contributed by atoms with E-state index in [2.05, 4.69) is 4.72 Å². The topological polar surface area (TPSA) is 107 Å². The number of nitrogens with zero attached hydrogens (tertiary/aromatic N) is 1. The summed E-state index contributed by atoms with van der Waals surface area (Å²) in [6.07, 6.45) is -0.616. The van der Waals surface area contributed by atoms with Gasteiger partial charge >= 0.3 is 6.09 Å². The van der Waals surface area contributed by atoms with Crippen LogP contribution in [0.4, 0.5) is 4.79 Å². The molecule has 0 bridgehead atoms. The third kappa shape index (κ3) is 3.93. The van der Waals surface area contributed by atoms with Gasteiger partial charge in [0, 0.05) is 19.6 Å². The van der Waals surface area contributed by atoms with E-state index in [9.17, 15) is 18.3 Å². The summed E-state index contributed by atoms with van der Waals surface area (Å²) >= 11 is 0. The Morgan fingerprint density at radius 2 is 1.81 bits per heavy atom. The van der Waals surface area contributed by atoms with Crippen LogP contribution >= 0.6 is 0 Å². The van der Waals surface area contributed by atoms with Gasteiger partial charge in [-0.1, -0.05) is 18.2 Å². The van der Waals surface area contributed by atoms with Crippen LogP contribution in [0.3, 0.4) is 0 Å². The van der Waals surface area contributed by atoms with Gasteiger partial charge in [-0.25, -0.2) is 17.9 Å². The fraction of sp³-hybridized carbons (Fsp3) is 0.462. The molecule has 116 valence electrons. The lowest BCUT2D eigenvalue weighted by Crippen LogP contribution is -2.51. The maximum absolute atomic E-state index is 12.1. The number of carbonyl (C=O) groups is 1. The van der Waals surface area contributed by atoms with Crippen molar-refractivity contribution < 1.29 is 23.4 Å². The number of hydrogen-bond acceptors (Lipinski definition) is 4. The Bertz CT molecular complexity index is 594. The van der Waals surface area contributed by atoms with Crippen molar-refractivity contribution in [3.8, 4) is 0 Å². The summed E-state index contributed by atoms with van der Waals surface area (Å²) in [6.45, 7) is 0.259. The Hall–Kier alpha value is -1.64. The average Bonchev–Trinajstić information content (AvgIpc) is 2.47. The van der Waals surface area contributed by atoms with Crippen molar-refractivity contribution in [2.45, 2.75) is 23.3 Å². The van der Waals surface area contributed by atoms with Gasteiger partial charge in [0.05, 0.1) is 10.5 Å². The normalized spacial score (nSPS) is 18.4. The summed E-state index contributed by atoms with van der Waals surface area (Å²) in [6, 6.07) is 7.90. The van der Waals surface area contributed by atoms with Crippen molar-refractivity contribution in [3.63, 3.8) is 0 Å². The molecule has 0 aromatic heterocycles. The third-order valence-corrected chi connectivity index (χ3v) is 5.03. The highest BCUT2D eigenvalue weighted by atomic mass is 32.2. The summed E-state index contributed by atoms with van der Waals surface area (Å²) in [5.41, 5.74) is -1.21. The van der Waals surface area contributed by atoms with Crippen molar-refractivity contribution in [2.75, 3.05) is 19.6 Å². The largest absolute Gasteiger partial charge is 0.465 e. The van der Waals surface area contributed by atoms with Crippen LogP contribution in [0.1, 0.15) is 12.8 Å². The summed E-state index contributed by atoms with van der Waals surface area (Å²) in [5, 5.41) is 19.2. The zero-order valence-electron chi connectivity index (χ0n) is 11.4. The van der Waals surface area contributed by atoms with Crippen LogP contribution in [0.5, 0.6) is 0 Å². The molecule has 0 spiro atoms. The Balaban J connectivity index is 1.96. The standard InChI is InChI=1S/C13H18N2O5S/c16-12(17)15-8-6-13(18,7-9-15)10-14-21(19,20)11-4-2-1-3-5-11/h1-5,14,18H,6-10H2,(H,16,17). The predicted molar refractivity (Wildman–Crippen MR) is 75.4 cm³/mol. The van der Waals surface area contributed by atoms with E-state index in [1.807, 2.05) is 0 Å². The SMILES string of the molecule is O=C(O)N1CCC(O)(CNS(=O)(=O)c2ccccc2)CC1. The van der Waals surface area contributed by atoms with Gasteiger partial charge in [-0.3, -0.25) is 0 Å². The first-order valence-corrected chi connectivity index (χ1v) is 8.06. The molecule has 1 heterocycles. The molecule has 1 aromatic rings. The first-order chi connectivity index (χ1) is 9.82. The lowest BCUT2D eigenvalue weighted by atomic mass is 9.92. The zero-order valence-corrected chi connectivity index (χ0v) is 12.2. The van der Waals surface area contributed by atoms with E-state index in [4.69, 9.17) is 5.11 Å². The van der Waals surface area contributed by atoms with Crippen molar-refractivity contribution in [1.29, 1.82) is 0 Å². The third-order valence-electron chi connectivity index (χ3n) is 3.61. The second kappa shape index (κ2) is 6.00. The highest BCUT2D eigenvalue weighted by molar-refractivity contribution is 7.89. The van der Waals surface area contributed by atoms with Gasteiger partial charge in [0.2, 0.25) is 10.0 Å². The van der Waals surface area contributed by atoms with Crippen LogP contribution in [0.15, 0.2) is 35.2 Å². The first-order valence-electron chi connectivity index (χ1n) is 6.57. The Morgan fingerprint density at radius 3 is 2.33 bits per heavy atom. The average molecular weight is 314 g/mol. The smallest absolute Gasteiger partial charge is 0.407 e. The van der Waals surface area contributed by atoms with E-state index < -0.39 is 21.7 Å². The van der Waals surface area contributed by atoms with Crippen molar-refractivity contribution in [2.24, 2.45) is 0 Å². The molecule has 1 amide bonds. The molecule has 3 N–H and O–H groups in total. The monoisotopic (exact) mass is 314 g/mol. The summed E-state index contributed by atoms with van der Waals surface area (Å²) in [4.78, 5) is 12.1. The molecule has 1 aliphatic heterocycles. The fourth-order valence-corrected chi connectivity index (χ4v) is 3.34. The maximum Gasteiger partial charge on any atom is 0.407 e. The number of amides is 1. The molecule has 0 radical (unpaired) electrons. The van der Waals surface area contributed by atoms with E-state index in [1.165, 1.54) is 17.0 Å². The van der Waals surface area contributed by atoms with Crippen LogP contribution in [-0.4, -0.2) is 54.9 Å². The summed E-state index contributed by atoms with van der Waals surface area (Å²) < 4.78 is 26.5. The molecule has 0 atom stereocenters. The second-order valence-electron chi connectivity index (χ2n) is 5.13. The molecule has 0 aliphatic carbocycles. The van der Waals surface area contributed by atoms with Crippen LogP contribution < -0.4 is 4.72 Å². The van der Waals surface area contributed by atoms with E-state index in [0.29, 0.717) is 0 Å². The van der Waals surface area contributed by atoms with Crippen LogP contribution in [0.2, 0.25) is 0 Å². The number of sulfonamides is 1. The molecule has 21 heavy (non-hydrogen) atoms. The number of aliphatic hydroxyl groups is 1. The zero-order chi connectivity index (χ0) is 15.5. The van der Waals surface area contributed by atoms with Gasteiger partial charge in [-0.15, -0.1) is 0 Å². The van der Waals surface area contributed by atoms with Gasteiger partial charge in [0.15, 0.2) is 0 Å². The van der Waals surface area contributed by atoms with Crippen LogP contribution in [0, 0.1) is 0 Å². The van der Waals surface area contributed by atoms with E-state index in [1.54, 1.807) is 18.2 Å². The number of hydrogen-bond donors (Lipinski definition) is 3. The van der Waals surface area contributed by atoms with Gasteiger partial charge in [0.1, 0.15) is 0 Å². The first kappa shape index (κ1) is 15.7. The number of piperidine rings is 1. The molecule has 7 nitrogen and oxygen atoms in total. The summed E-state index contributed by atoms with van der Waals surface area (Å²) in [5.74, 6) is 0. The van der Waals surface area contributed by atoms with Gasteiger partial charge in [0.25, 0.3) is 0 Å². The number of likely N-dealkylation sites (tertiary alicyclic amines) is 1. The molecule has 0 saturated carbocycles. The predicted octanol–water partition coefficient (Wildman–Crippen LogP) is 0.470. The molecule has 2 rings (SSSR count). The van der Waals surface area contributed by atoms with Crippen LogP contribution in [-0.2, 0) is 10.0 Å².